The average molecular weight is 400 g/mol. The number of hydrogen-bond acceptors (Lipinski definition) is 4. The molecule has 0 aliphatic heterocycles. The van der Waals surface area contributed by atoms with Crippen molar-refractivity contribution in [2.24, 2.45) is 0 Å². The minimum Gasteiger partial charge on any atom is -0.459 e. The molecule has 6 heteroatoms. The second-order valence-corrected chi connectivity index (χ2v) is 7.54. The van der Waals surface area contributed by atoms with Gasteiger partial charge in [-0.3, -0.25) is 9.69 Å². The van der Waals surface area contributed by atoms with E-state index in [2.05, 4.69) is 41.2 Å². The lowest BCUT2D eigenvalue weighted by atomic mass is 10.1. The van der Waals surface area contributed by atoms with E-state index in [1.54, 1.807) is 27.7 Å². The lowest BCUT2D eigenvalue weighted by molar-refractivity contribution is 0.0376. The van der Waals surface area contributed by atoms with E-state index in [1.165, 1.54) is 5.56 Å². The van der Waals surface area contributed by atoms with Crippen molar-refractivity contribution < 1.29 is 14.3 Å². The van der Waals surface area contributed by atoms with Crippen molar-refractivity contribution in [3.63, 3.8) is 0 Å². The first-order valence-electron chi connectivity index (χ1n) is 10.2. The van der Waals surface area contributed by atoms with Crippen LogP contribution in [0.15, 0.2) is 24.3 Å². The number of ether oxygens (including phenoxy) is 1. The van der Waals surface area contributed by atoms with Crippen LogP contribution in [-0.2, 0) is 17.8 Å². The van der Waals surface area contributed by atoms with Crippen LogP contribution < -0.4 is 5.32 Å². The SMILES string of the molecule is CCN(CC)Cc1ccc(CNC(=O)c2[nH]c(C)c(C(=O)OC(C)C)c2C)cc1. The Labute approximate surface area is 173 Å². The molecule has 1 heterocycles. The van der Waals surface area contributed by atoms with E-state index in [0.29, 0.717) is 29.1 Å². The first-order valence-corrected chi connectivity index (χ1v) is 10.2. The Morgan fingerprint density at radius 1 is 1.07 bits per heavy atom. The van der Waals surface area contributed by atoms with Crippen molar-refractivity contribution in [2.45, 2.75) is 60.7 Å². The number of esters is 1. The molecule has 0 bridgehead atoms. The van der Waals surface area contributed by atoms with E-state index in [9.17, 15) is 9.59 Å². The Balaban J connectivity index is 2.01. The van der Waals surface area contributed by atoms with Crippen molar-refractivity contribution in [2.75, 3.05) is 13.1 Å². The van der Waals surface area contributed by atoms with Crippen LogP contribution >= 0.6 is 0 Å². The van der Waals surface area contributed by atoms with E-state index < -0.39 is 5.97 Å². The average Bonchev–Trinajstić information content (AvgIpc) is 2.98. The summed E-state index contributed by atoms with van der Waals surface area (Å²) in [5, 5.41) is 2.93. The zero-order chi connectivity index (χ0) is 21.6. The molecule has 29 heavy (non-hydrogen) atoms. The van der Waals surface area contributed by atoms with Gasteiger partial charge in [-0.1, -0.05) is 38.1 Å². The summed E-state index contributed by atoms with van der Waals surface area (Å²) in [5.41, 5.74) is 4.37. The number of nitrogens with zero attached hydrogens (tertiary/aromatic N) is 1. The van der Waals surface area contributed by atoms with E-state index in [1.807, 2.05) is 12.1 Å². The van der Waals surface area contributed by atoms with E-state index in [-0.39, 0.29) is 12.0 Å². The highest BCUT2D eigenvalue weighted by atomic mass is 16.5. The summed E-state index contributed by atoms with van der Waals surface area (Å²) in [6, 6.07) is 8.28. The number of aromatic amines is 1. The van der Waals surface area contributed by atoms with Crippen molar-refractivity contribution in [1.82, 2.24) is 15.2 Å². The second kappa shape index (κ2) is 10.3. The molecule has 2 N–H and O–H groups in total. The van der Waals surface area contributed by atoms with Gasteiger partial charge in [0.2, 0.25) is 0 Å². The van der Waals surface area contributed by atoms with Crippen molar-refractivity contribution in [1.29, 1.82) is 0 Å². The Bertz CT molecular complexity index is 834. The summed E-state index contributed by atoms with van der Waals surface area (Å²) >= 11 is 0. The quantitative estimate of drug-likeness (QED) is 0.626. The van der Waals surface area contributed by atoms with Gasteiger partial charge in [0.05, 0.1) is 11.7 Å². The topological polar surface area (TPSA) is 74.4 Å². The summed E-state index contributed by atoms with van der Waals surface area (Å²) in [6.45, 7) is 14.9. The maximum atomic E-state index is 12.6. The highest BCUT2D eigenvalue weighted by molar-refractivity contribution is 6.00. The van der Waals surface area contributed by atoms with Gasteiger partial charge in [0.1, 0.15) is 5.69 Å². The predicted octanol–water partition coefficient (Wildman–Crippen LogP) is 3.97. The third-order valence-corrected chi connectivity index (χ3v) is 4.99. The van der Waals surface area contributed by atoms with Crippen LogP contribution in [0.1, 0.15) is 70.9 Å². The Hall–Kier alpha value is -2.60. The first kappa shape index (κ1) is 22.7. The monoisotopic (exact) mass is 399 g/mol. The maximum Gasteiger partial charge on any atom is 0.340 e. The number of benzene rings is 1. The normalized spacial score (nSPS) is 11.2. The molecule has 1 aromatic carbocycles. The number of aryl methyl sites for hydroxylation is 1. The summed E-state index contributed by atoms with van der Waals surface area (Å²) in [7, 11) is 0. The molecule has 2 rings (SSSR count). The maximum absolute atomic E-state index is 12.6. The van der Waals surface area contributed by atoms with Gasteiger partial charge in [-0.25, -0.2) is 4.79 Å². The minimum absolute atomic E-state index is 0.210. The Morgan fingerprint density at radius 2 is 1.66 bits per heavy atom. The molecule has 6 nitrogen and oxygen atoms in total. The molecule has 0 saturated carbocycles. The lowest BCUT2D eigenvalue weighted by Gasteiger charge is -2.18. The van der Waals surface area contributed by atoms with Crippen molar-refractivity contribution in [3.8, 4) is 0 Å². The largest absolute Gasteiger partial charge is 0.459 e. The zero-order valence-electron chi connectivity index (χ0n) is 18.4. The molecule has 158 valence electrons. The number of aromatic nitrogens is 1. The third-order valence-electron chi connectivity index (χ3n) is 4.99. The van der Waals surface area contributed by atoms with Crippen LogP contribution in [0.5, 0.6) is 0 Å². The highest BCUT2D eigenvalue weighted by Crippen LogP contribution is 2.20. The van der Waals surface area contributed by atoms with Crippen LogP contribution in [0.25, 0.3) is 0 Å². The van der Waals surface area contributed by atoms with Crippen LogP contribution in [0.3, 0.4) is 0 Å². The van der Waals surface area contributed by atoms with Crippen LogP contribution in [0.4, 0.5) is 0 Å². The van der Waals surface area contributed by atoms with Gasteiger partial charge < -0.3 is 15.0 Å². The molecule has 0 unspecified atom stereocenters. The molecule has 1 amide bonds. The fourth-order valence-electron chi connectivity index (χ4n) is 3.29. The third kappa shape index (κ3) is 5.94. The van der Waals surface area contributed by atoms with Gasteiger partial charge in [-0.05, 0) is 57.5 Å². The summed E-state index contributed by atoms with van der Waals surface area (Å²) < 4.78 is 5.28. The smallest absolute Gasteiger partial charge is 0.340 e. The molecular formula is C23H33N3O3. The number of rotatable bonds is 9. The van der Waals surface area contributed by atoms with Gasteiger partial charge in [0.15, 0.2) is 0 Å². The number of H-pyrrole nitrogens is 1. The van der Waals surface area contributed by atoms with Crippen molar-refractivity contribution in [3.05, 3.63) is 57.9 Å². The summed E-state index contributed by atoms with van der Waals surface area (Å²) in [4.78, 5) is 30.3. The fraction of sp³-hybridized carbons (Fsp3) is 0.478. The Kier molecular flexibility index (Phi) is 8.02. The fourth-order valence-corrected chi connectivity index (χ4v) is 3.29. The van der Waals surface area contributed by atoms with Crippen molar-refractivity contribution >= 4 is 11.9 Å². The summed E-state index contributed by atoms with van der Waals surface area (Å²) in [5.74, 6) is -0.643. The standard InChI is InChI=1S/C23H33N3O3/c1-7-26(8-2)14-19-11-9-18(10-12-19)13-24-22(27)21-16(5)20(17(6)25-21)23(28)29-15(3)4/h9-12,15,25H,7-8,13-14H2,1-6H3,(H,24,27). The summed E-state index contributed by atoms with van der Waals surface area (Å²) in [6.07, 6.45) is -0.210. The van der Waals surface area contributed by atoms with Crippen LogP contribution in [0.2, 0.25) is 0 Å². The molecule has 0 fully saturated rings. The lowest BCUT2D eigenvalue weighted by Crippen LogP contribution is -2.24. The molecular weight excluding hydrogens is 366 g/mol. The molecule has 0 radical (unpaired) electrons. The van der Waals surface area contributed by atoms with Crippen LogP contribution in [-0.4, -0.2) is 41.0 Å². The van der Waals surface area contributed by atoms with E-state index in [0.717, 1.165) is 25.2 Å². The van der Waals surface area contributed by atoms with E-state index in [4.69, 9.17) is 4.74 Å². The molecule has 2 aromatic rings. The van der Waals surface area contributed by atoms with E-state index >= 15 is 0 Å². The van der Waals surface area contributed by atoms with Gasteiger partial charge in [-0.15, -0.1) is 0 Å². The number of hydrogen-bond donors (Lipinski definition) is 2. The Morgan fingerprint density at radius 3 is 2.21 bits per heavy atom. The minimum atomic E-state index is -0.408. The molecule has 0 atom stereocenters. The second-order valence-electron chi connectivity index (χ2n) is 7.54. The molecule has 0 aliphatic rings. The zero-order valence-corrected chi connectivity index (χ0v) is 18.4. The molecule has 1 aromatic heterocycles. The first-order chi connectivity index (χ1) is 13.8. The number of carbonyl (C=O) groups excluding carboxylic acids is 2. The van der Waals surface area contributed by atoms with Gasteiger partial charge >= 0.3 is 5.97 Å². The molecule has 0 spiro atoms. The number of nitrogens with one attached hydrogen (secondary N) is 2. The van der Waals surface area contributed by atoms with Crippen LogP contribution in [0, 0.1) is 13.8 Å². The molecule has 0 aliphatic carbocycles. The predicted molar refractivity (Wildman–Crippen MR) is 115 cm³/mol. The van der Waals surface area contributed by atoms with Gasteiger partial charge in [0.25, 0.3) is 5.91 Å². The highest BCUT2D eigenvalue weighted by Gasteiger charge is 2.23. The number of amides is 1. The van der Waals surface area contributed by atoms with Gasteiger partial charge in [-0.2, -0.15) is 0 Å². The molecule has 0 saturated heterocycles. The van der Waals surface area contributed by atoms with Gasteiger partial charge in [0, 0.05) is 18.8 Å². The number of carbonyl (C=O) groups is 2.